The maximum atomic E-state index is 11.2. The number of hydroxylamine groups is 1. The minimum atomic E-state index is -0.552. The predicted octanol–water partition coefficient (Wildman–Crippen LogP) is 4.00. The molecule has 5 nitrogen and oxygen atoms in total. The van der Waals surface area contributed by atoms with E-state index in [9.17, 15) is 4.79 Å². The van der Waals surface area contributed by atoms with Gasteiger partial charge in [-0.3, -0.25) is 10.0 Å². The Morgan fingerprint density at radius 1 is 1.19 bits per heavy atom. The molecule has 3 aromatic rings. The Morgan fingerprint density at radius 2 is 1.96 bits per heavy atom. The van der Waals surface area contributed by atoms with Crippen LogP contribution in [-0.4, -0.2) is 20.7 Å². The molecule has 3 rings (SSSR count). The summed E-state index contributed by atoms with van der Waals surface area (Å²) in [6.07, 6.45) is 4.79. The number of amides is 1. The van der Waals surface area contributed by atoms with Crippen molar-refractivity contribution in [2.24, 2.45) is 5.92 Å². The number of hydrogen-bond donors (Lipinski definition) is 2. The van der Waals surface area contributed by atoms with Gasteiger partial charge in [-0.2, -0.15) is 0 Å². The fourth-order valence-corrected chi connectivity index (χ4v) is 3.17. The highest BCUT2D eigenvalue weighted by Crippen LogP contribution is 2.21. The Hall–Kier alpha value is -2.92. The van der Waals surface area contributed by atoms with Crippen LogP contribution in [0, 0.1) is 5.92 Å². The highest BCUT2D eigenvalue weighted by molar-refractivity contribution is 5.91. The lowest BCUT2D eigenvalue weighted by molar-refractivity contribution is -0.124. The number of imidazole rings is 1. The molecule has 0 fully saturated rings. The fourth-order valence-electron chi connectivity index (χ4n) is 3.17. The van der Waals surface area contributed by atoms with Gasteiger partial charge in [0, 0.05) is 19.0 Å². The van der Waals surface area contributed by atoms with Crippen LogP contribution in [0.15, 0.2) is 54.6 Å². The second kappa shape index (κ2) is 8.64. The van der Waals surface area contributed by atoms with Crippen molar-refractivity contribution in [3.63, 3.8) is 0 Å². The van der Waals surface area contributed by atoms with Gasteiger partial charge in [-0.05, 0) is 41.7 Å². The topological polar surface area (TPSA) is 67.2 Å². The van der Waals surface area contributed by atoms with E-state index in [1.807, 2.05) is 24.3 Å². The predicted molar refractivity (Wildman–Crippen MR) is 107 cm³/mol. The molecule has 0 radical (unpaired) electrons. The molecule has 1 aromatic heterocycles. The highest BCUT2D eigenvalue weighted by atomic mass is 16.5. The van der Waals surface area contributed by atoms with E-state index in [-0.39, 0.29) is 0 Å². The van der Waals surface area contributed by atoms with E-state index in [2.05, 4.69) is 42.7 Å². The average molecular weight is 363 g/mol. The van der Waals surface area contributed by atoms with Gasteiger partial charge in [0.2, 0.25) is 0 Å². The van der Waals surface area contributed by atoms with Crippen LogP contribution >= 0.6 is 0 Å². The molecule has 0 atom stereocenters. The second-order valence-corrected chi connectivity index (χ2v) is 7.08. The van der Waals surface area contributed by atoms with Crippen LogP contribution in [0.1, 0.15) is 30.8 Å². The van der Waals surface area contributed by atoms with Gasteiger partial charge >= 0.3 is 0 Å². The van der Waals surface area contributed by atoms with E-state index in [4.69, 9.17) is 10.2 Å². The van der Waals surface area contributed by atoms with E-state index in [0.717, 1.165) is 41.8 Å². The minimum absolute atomic E-state index is 0.519. The summed E-state index contributed by atoms with van der Waals surface area (Å²) in [6.45, 7) is 5.33. The van der Waals surface area contributed by atoms with Crippen molar-refractivity contribution in [3.05, 3.63) is 71.6 Å². The number of nitrogens with one attached hydrogen (secondary N) is 1. The SMILES string of the molecule is CC(C)Cn1c(CCc2ccccc2)nc2cc(C=CC(=O)NO)ccc21. The van der Waals surface area contributed by atoms with E-state index >= 15 is 0 Å². The lowest BCUT2D eigenvalue weighted by Crippen LogP contribution is -2.14. The number of nitrogens with zero attached hydrogens (tertiary/aromatic N) is 2. The van der Waals surface area contributed by atoms with Crippen molar-refractivity contribution >= 4 is 23.0 Å². The van der Waals surface area contributed by atoms with Crippen molar-refractivity contribution in [1.29, 1.82) is 0 Å². The first-order valence-corrected chi connectivity index (χ1v) is 9.22. The van der Waals surface area contributed by atoms with E-state index in [1.54, 1.807) is 11.6 Å². The summed E-state index contributed by atoms with van der Waals surface area (Å²) in [4.78, 5) is 16.0. The van der Waals surface area contributed by atoms with Gasteiger partial charge < -0.3 is 4.57 Å². The van der Waals surface area contributed by atoms with Crippen molar-refractivity contribution in [3.8, 4) is 0 Å². The summed E-state index contributed by atoms with van der Waals surface area (Å²) >= 11 is 0. The minimum Gasteiger partial charge on any atom is -0.328 e. The fraction of sp³-hybridized carbons (Fsp3) is 0.273. The Bertz CT molecular complexity index is 943. The molecule has 0 bridgehead atoms. The third kappa shape index (κ3) is 4.83. The molecule has 0 unspecified atom stereocenters. The van der Waals surface area contributed by atoms with Crippen molar-refractivity contribution in [2.45, 2.75) is 33.2 Å². The summed E-state index contributed by atoms with van der Waals surface area (Å²) in [6, 6.07) is 16.4. The van der Waals surface area contributed by atoms with Gasteiger partial charge in [0.25, 0.3) is 5.91 Å². The van der Waals surface area contributed by atoms with Crippen LogP contribution in [0.2, 0.25) is 0 Å². The maximum absolute atomic E-state index is 11.2. The molecule has 1 heterocycles. The second-order valence-electron chi connectivity index (χ2n) is 7.08. The molecule has 0 spiro atoms. The molecule has 0 aliphatic heterocycles. The molecule has 5 heteroatoms. The number of hydrogen-bond acceptors (Lipinski definition) is 3. The van der Waals surface area contributed by atoms with Crippen molar-refractivity contribution in [1.82, 2.24) is 15.0 Å². The van der Waals surface area contributed by atoms with Crippen molar-refractivity contribution < 1.29 is 10.0 Å². The van der Waals surface area contributed by atoms with Crippen LogP contribution in [0.3, 0.4) is 0 Å². The number of rotatable bonds is 7. The maximum Gasteiger partial charge on any atom is 0.267 e. The zero-order valence-corrected chi connectivity index (χ0v) is 15.7. The lowest BCUT2D eigenvalue weighted by Gasteiger charge is -2.12. The van der Waals surface area contributed by atoms with Crippen LogP contribution in [0.5, 0.6) is 0 Å². The van der Waals surface area contributed by atoms with Gasteiger partial charge in [-0.15, -0.1) is 0 Å². The number of benzene rings is 2. The molecule has 0 saturated heterocycles. The molecule has 0 saturated carbocycles. The lowest BCUT2D eigenvalue weighted by atomic mass is 10.1. The van der Waals surface area contributed by atoms with E-state index < -0.39 is 5.91 Å². The van der Waals surface area contributed by atoms with Crippen molar-refractivity contribution in [2.75, 3.05) is 0 Å². The van der Waals surface area contributed by atoms with Crippen LogP contribution < -0.4 is 5.48 Å². The first-order chi connectivity index (χ1) is 13.1. The molecule has 2 N–H and O–H groups in total. The Balaban J connectivity index is 1.91. The standard InChI is InChI=1S/C22H25N3O2/c1-16(2)15-25-20-11-8-18(10-13-22(26)24-27)14-19(20)23-21(25)12-9-17-6-4-3-5-7-17/h3-8,10-11,13-14,16,27H,9,12,15H2,1-2H3,(H,24,26). The summed E-state index contributed by atoms with van der Waals surface area (Å²) in [5, 5.41) is 8.59. The molecule has 0 aliphatic carbocycles. The highest BCUT2D eigenvalue weighted by Gasteiger charge is 2.12. The molecular weight excluding hydrogens is 338 g/mol. The Morgan fingerprint density at radius 3 is 2.67 bits per heavy atom. The van der Waals surface area contributed by atoms with E-state index in [0.29, 0.717) is 5.92 Å². The number of carbonyl (C=O) groups excluding carboxylic acids is 1. The summed E-state index contributed by atoms with van der Waals surface area (Å²) < 4.78 is 2.30. The third-order valence-electron chi connectivity index (χ3n) is 4.42. The van der Waals surface area contributed by atoms with Crippen LogP contribution in [0.4, 0.5) is 0 Å². The Kier molecular flexibility index (Phi) is 6.04. The molecule has 0 aliphatic rings. The molecule has 27 heavy (non-hydrogen) atoms. The van der Waals surface area contributed by atoms with E-state index in [1.165, 1.54) is 11.6 Å². The quantitative estimate of drug-likeness (QED) is 0.379. The zero-order chi connectivity index (χ0) is 19.2. The molecule has 1 amide bonds. The van der Waals surface area contributed by atoms with Crippen LogP contribution in [0.25, 0.3) is 17.1 Å². The summed E-state index contributed by atoms with van der Waals surface area (Å²) in [5.41, 5.74) is 5.80. The van der Waals surface area contributed by atoms with Gasteiger partial charge in [0.15, 0.2) is 0 Å². The number of aryl methyl sites for hydroxylation is 2. The number of carbonyl (C=O) groups is 1. The smallest absolute Gasteiger partial charge is 0.267 e. The Labute approximate surface area is 159 Å². The third-order valence-corrected chi connectivity index (χ3v) is 4.42. The average Bonchev–Trinajstić information content (AvgIpc) is 3.01. The number of fused-ring (bicyclic) bond motifs is 1. The van der Waals surface area contributed by atoms with Gasteiger partial charge in [0.05, 0.1) is 11.0 Å². The number of aromatic nitrogens is 2. The zero-order valence-electron chi connectivity index (χ0n) is 15.7. The van der Waals surface area contributed by atoms with Crippen LogP contribution in [-0.2, 0) is 24.2 Å². The largest absolute Gasteiger partial charge is 0.328 e. The first kappa shape index (κ1) is 18.9. The first-order valence-electron chi connectivity index (χ1n) is 9.22. The summed E-state index contributed by atoms with van der Waals surface area (Å²) in [5.74, 6) is 1.05. The molecule has 2 aromatic carbocycles. The molecule has 140 valence electrons. The van der Waals surface area contributed by atoms with Gasteiger partial charge in [0.1, 0.15) is 5.82 Å². The van der Waals surface area contributed by atoms with Gasteiger partial charge in [-0.25, -0.2) is 10.5 Å². The van der Waals surface area contributed by atoms with Gasteiger partial charge in [-0.1, -0.05) is 50.2 Å². The monoisotopic (exact) mass is 363 g/mol. The normalized spacial score (nSPS) is 11.6. The summed E-state index contributed by atoms with van der Waals surface area (Å²) in [7, 11) is 0. The molecular formula is C22H25N3O2.